The molecule has 2 heterocycles. The molecule has 0 radical (unpaired) electrons. The molecule has 0 aromatic carbocycles. The molecule has 4 nitrogen and oxygen atoms in total. The molecule has 18 heavy (non-hydrogen) atoms. The second kappa shape index (κ2) is 6.11. The van der Waals surface area contributed by atoms with Gasteiger partial charge in [0.25, 0.3) is 5.56 Å². The van der Waals surface area contributed by atoms with Gasteiger partial charge in [-0.25, -0.2) is 4.98 Å². The highest BCUT2D eigenvalue weighted by Crippen LogP contribution is 2.12. The summed E-state index contributed by atoms with van der Waals surface area (Å²) in [5.74, 6) is 0. The Bertz CT molecular complexity index is 561. The molecule has 2 aromatic heterocycles. The predicted octanol–water partition coefficient (Wildman–Crippen LogP) is 2.24. The molecule has 0 saturated carbocycles. The Morgan fingerprint density at radius 1 is 1.56 bits per heavy atom. The maximum absolute atomic E-state index is 12.1. The van der Waals surface area contributed by atoms with Gasteiger partial charge in [-0.05, 0) is 24.8 Å². The first kappa shape index (κ1) is 13.2. The average Bonchev–Trinajstić information content (AvgIpc) is 2.81. The summed E-state index contributed by atoms with van der Waals surface area (Å²) in [5.41, 5.74) is 0.0613. The van der Waals surface area contributed by atoms with Gasteiger partial charge in [-0.1, -0.05) is 13.3 Å². The van der Waals surface area contributed by atoms with Crippen molar-refractivity contribution in [2.75, 3.05) is 6.54 Å². The maximum atomic E-state index is 12.1. The fourth-order valence-electron chi connectivity index (χ4n) is 2.02. The Balaban J connectivity index is 1.99. The smallest absolute Gasteiger partial charge is 0.262 e. The molecule has 1 atom stereocenters. The van der Waals surface area contributed by atoms with E-state index in [1.54, 1.807) is 10.9 Å². The van der Waals surface area contributed by atoms with Crippen LogP contribution in [0, 0.1) is 0 Å². The molecular weight excluding hydrogens is 246 g/mol. The third kappa shape index (κ3) is 2.97. The highest BCUT2D eigenvalue weighted by atomic mass is 32.1. The Kier molecular flexibility index (Phi) is 4.49. The van der Waals surface area contributed by atoms with Gasteiger partial charge in [-0.15, -0.1) is 11.3 Å². The van der Waals surface area contributed by atoms with E-state index in [1.165, 1.54) is 17.8 Å². The minimum absolute atomic E-state index is 0.0613. The van der Waals surface area contributed by atoms with Crippen LogP contribution in [-0.4, -0.2) is 22.1 Å². The molecule has 0 fully saturated rings. The van der Waals surface area contributed by atoms with Crippen LogP contribution in [0.15, 0.2) is 22.6 Å². The lowest BCUT2D eigenvalue weighted by Gasteiger charge is -2.13. The van der Waals surface area contributed by atoms with Gasteiger partial charge in [0.15, 0.2) is 0 Å². The first-order valence-electron chi connectivity index (χ1n) is 6.38. The van der Waals surface area contributed by atoms with Crippen molar-refractivity contribution >= 4 is 21.6 Å². The number of aromatic nitrogens is 2. The van der Waals surface area contributed by atoms with Crippen molar-refractivity contribution in [1.29, 1.82) is 0 Å². The Morgan fingerprint density at radius 3 is 3.17 bits per heavy atom. The molecule has 5 heteroatoms. The molecule has 2 aromatic rings. The minimum atomic E-state index is 0.0613. The number of rotatable bonds is 6. The zero-order valence-electron chi connectivity index (χ0n) is 10.8. The van der Waals surface area contributed by atoms with E-state index in [9.17, 15) is 4.79 Å². The van der Waals surface area contributed by atoms with Crippen LogP contribution in [0.4, 0.5) is 0 Å². The zero-order valence-corrected chi connectivity index (χ0v) is 11.7. The molecule has 1 unspecified atom stereocenters. The van der Waals surface area contributed by atoms with E-state index in [0.717, 1.165) is 23.2 Å². The molecule has 0 aliphatic rings. The molecule has 0 amide bonds. The molecular formula is C13H19N3OS. The van der Waals surface area contributed by atoms with E-state index in [2.05, 4.69) is 24.1 Å². The van der Waals surface area contributed by atoms with Crippen molar-refractivity contribution in [3.8, 4) is 0 Å². The van der Waals surface area contributed by atoms with Crippen LogP contribution in [0.2, 0.25) is 0 Å². The third-order valence-corrected chi connectivity index (χ3v) is 3.84. The van der Waals surface area contributed by atoms with Crippen LogP contribution in [0.5, 0.6) is 0 Å². The lowest BCUT2D eigenvalue weighted by Crippen LogP contribution is -2.32. The second-order valence-electron chi connectivity index (χ2n) is 4.53. The van der Waals surface area contributed by atoms with Crippen molar-refractivity contribution in [2.24, 2.45) is 0 Å². The Labute approximate surface area is 111 Å². The van der Waals surface area contributed by atoms with Gasteiger partial charge in [0.05, 0.1) is 11.7 Å². The average molecular weight is 265 g/mol. The van der Waals surface area contributed by atoms with Gasteiger partial charge < -0.3 is 5.32 Å². The summed E-state index contributed by atoms with van der Waals surface area (Å²) in [6.07, 6.45) is 3.99. The maximum Gasteiger partial charge on any atom is 0.262 e. The summed E-state index contributed by atoms with van der Waals surface area (Å²) in [5, 5.41) is 6.05. The fraction of sp³-hybridized carbons (Fsp3) is 0.538. The molecule has 0 bridgehead atoms. The third-order valence-electron chi connectivity index (χ3n) is 3.02. The first-order chi connectivity index (χ1) is 8.72. The van der Waals surface area contributed by atoms with E-state index < -0.39 is 0 Å². The second-order valence-corrected chi connectivity index (χ2v) is 5.42. The minimum Gasteiger partial charge on any atom is -0.312 e. The summed E-state index contributed by atoms with van der Waals surface area (Å²) >= 11 is 1.51. The molecule has 2 rings (SSSR count). The van der Waals surface area contributed by atoms with Crippen LogP contribution in [0.1, 0.15) is 26.7 Å². The summed E-state index contributed by atoms with van der Waals surface area (Å²) < 4.78 is 1.68. The van der Waals surface area contributed by atoms with Gasteiger partial charge in [0.2, 0.25) is 0 Å². The molecule has 1 N–H and O–H groups in total. The largest absolute Gasteiger partial charge is 0.312 e. The first-order valence-corrected chi connectivity index (χ1v) is 7.26. The van der Waals surface area contributed by atoms with Crippen molar-refractivity contribution < 1.29 is 0 Å². The molecule has 0 aliphatic carbocycles. The van der Waals surface area contributed by atoms with Gasteiger partial charge in [-0.2, -0.15) is 0 Å². The monoisotopic (exact) mass is 265 g/mol. The van der Waals surface area contributed by atoms with E-state index in [4.69, 9.17) is 0 Å². The summed E-state index contributed by atoms with van der Waals surface area (Å²) in [4.78, 5) is 17.2. The van der Waals surface area contributed by atoms with Crippen LogP contribution in [0.3, 0.4) is 0 Å². The van der Waals surface area contributed by atoms with Crippen LogP contribution in [-0.2, 0) is 6.54 Å². The number of nitrogens with zero attached hydrogens (tertiary/aromatic N) is 2. The number of nitrogens with one attached hydrogen (secondary N) is 1. The molecule has 0 spiro atoms. The van der Waals surface area contributed by atoms with E-state index in [1.807, 2.05) is 11.4 Å². The lowest BCUT2D eigenvalue weighted by molar-refractivity contribution is 0.481. The molecule has 0 saturated heterocycles. The van der Waals surface area contributed by atoms with Crippen LogP contribution in [0.25, 0.3) is 10.2 Å². The number of fused-ring (bicyclic) bond motifs is 1. The van der Waals surface area contributed by atoms with Crippen molar-refractivity contribution in [1.82, 2.24) is 14.9 Å². The quantitative estimate of drug-likeness (QED) is 0.871. The van der Waals surface area contributed by atoms with Crippen molar-refractivity contribution in [3.05, 3.63) is 28.1 Å². The van der Waals surface area contributed by atoms with Gasteiger partial charge in [0.1, 0.15) is 4.83 Å². The number of thiophene rings is 1. The van der Waals surface area contributed by atoms with Crippen molar-refractivity contribution in [2.45, 2.75) is 39.3 Å². The predicted molar refractivity (Wildman–Crippen MR) is 76.3 cm³/mol. The van der Waals surface area contributed by atoms with Gasteiger partial charge in [-0.3, -0.25) is 9.36 Å². The van der Waals surface area contributed by atoms with Crippen LogP contribution < -0.4 is 10.9 Å². The standard InChI is InChI=1S/C13H19N3OS/c1-3-4-10(2)14-6-7-16-9-15-12-11(13(16)17)5-8-18-12/h5,8-10,14H,3-4,6-7H2,1-2H3. The number of hydrogen-bond acceptors (Lipinski definition) is 4. The highest BCUT2D eigenvalue weighted by molar-refractivity contribution is 7.16. The summed E-state index contributed by atoms with van der Waals surface area (Å²) in [6, 6.07) is 2.35. The summed E-state index contributed by atoms with van der Waals surface area (Å²) in [6.45, 7) is 5.83. The summed E-state index contributed by atoms with van der Waals surface area (Å²) in [7, 11) is 0. The van der Waals surface area contributed by atoms with E-state index in [-0.39, 0.29) is 5.56 Å². The molecule has 0 aliphatic heterocycles. The Morgan fingerprint density at radius 2 is 2.39 bits per heavy atom. The van der Waals surface area contributed by atoms with E-state index in [0.29, 0.717) is 12.6 Å². The molecule has 98 valence electrons. The fourth-order valence-corrected chi connectivity index (χ4v) is 2.74. The Hall–Kier alpha value is -1.20. The lowest BCUT2D eigenvalue weighted by atomic mass is 10.2. The van der Waals surface area contributed by atoms with E-state index >= 15 is 0 Å². The van der Waals surface area contributed by atoms with Crippen molar-refractivity contribution in [3.63, 3.8) is 0 Å². The SMILES string of the molecule is CCCC(C)NCCn1cnc2sccc2c1=O. The van der Waals surface area contributed by atoms with Crippen LogP contribution >= 0.6 is 11.3 Å². The highest BCUT2D eigenvalue weighted by Gasteiger charge is 2.05. The topological polar surface area (TPSA) is 46.9 Å². The normalized spacial score (nSPS) is 13.0. The van der Waals surface area contributed by atoms with Gasteiger partial charge >= 0.3 is 0 Å². The zero-order chi connectivity index (χ0) is 13.0. The number of hydrogen-bond donors (Lipinski definition) is 1. The van der Waals surface area contributed by atoms with Gasteiger partial charge in [0, 0.05) is 19.1 Å².